The van der Waals surface area contributed by atoms with Gasteiger partial charge in [0.05, 0.1) is 6.61 Å². The Labute approximate surface area is 178 Å². The van der Waals surface area contributed by atoms with Crippen molar-refractivity contribution in [2.75, 3.05) is 6.61 Å². The van der Waals surface area contributed by atoms with E-state index in [1.807, 2.05) is 0 Å². The summed E-state index contributed by atoms with van der Waals surface area (Å²) in [7, 11) is 0. The maximum atomic E-state index is 5.91. The molecule has 1 saturated carbocycles. The highest BCUT2D eigenvalue weighted by molar-refractivity contribution is 9.72. The van der Waals surface area contributed by atoms with Crippen LogP contribution < -0.4 is 4.74 Å². The molecule has 1 aromatic carbocycles. The third-order valence-corrected chi connectivity index (χ3v) is 9.76. The van der Waals surface area contributed by atoms with Crippen molar-refractivity contribution in [3.63, 3.8) is 0 Å². The van der Waals surface area contributed by atoms with E-state index in [4.69, 9.17) is 4.74 Å². The lowest BCUT2D eigenvalue weighted by Crippen LogP contribution is -2.13. The predicted molar refractivity (Wildman–Crippen MR) is 123 cm³/mol. The first-order valence-electron chi connectivity index (χ1n) is 9.77. The zero-order chi connectivity index (χ0) is 18.1. The molecule has 0 N–H and O–H groups in total. The van der Waals surface area contributed by atoms with Crippen LogP contribution in [0.3, 0.4) is 0 Å². The largest absolute Gasteiger partial charge is 0.494 e. The van der Waals surface area contributed by atoms with Gasteiger partial charge in [-0.1, -0.05) is 90.6 Å². The van der Waals surface area contributed by atoms with Crippen molar-refractivity contribution in [2.24, 2.45) is 5.92 Å². The second kappa shape index (κ2) is 11.5. The Morgan fingerprint density at radius 1 is 0.960 bits per heavy atom. The van der Waals surface area contributed by atoms with Crippen molar-refractivity contribution >= 4 is 49.8 Å². The van der Waals surface area contributed by atoms with Crippen LogP contribution in [0.1, 0.15) is 76.2 Å². The van der Waals surface area contributed by atoms with Crippen LogP contribution in [-0.4, -0.2) is 10.5 Å². The van der Waals surface area contributed by atoms with Gasteiger partial charge in [0.25, 0.3) is 3.93 Å². The zero-order valence-electron chi connectivity index (χ0n) is 15.3. The summed E-state index contributed by atoms with van der Waals surface area (Å²) in [6.07, 6.45) is 11.9. The molecule has 0 heterocycles. The van der Waals surface area contributed by atoms with Crippen LogP contribution in [0.4, 0.5) is 0 Å². The lowest BCUT2D eigenvalue weighted by atomic mass is 9.77. The Kier molecular flexibility index (Phi) is 10.1. The minimum Gasteiger partial charge on any atom is -0.494 e. The molecular weight excluding hydrogens is 524 g/mol. The Hall–Kier alpha value is 0.677. The molecule has 142 valence electrons. The summed E-state index contributed by atoms with van der Waals surface area (Å²) < 4.78 is 4.49. The molecule has 0 aliphatic heterocycles. The average molecular weight is 555 g/mol. The summed E-state index contributed by atoms with van der Waals surface area (Å²) in [4.78, 5) is 0. The smallest absolute Gasteiger partial charge is 0.267 e. The first kappa shape index (κ1) is 22.0. The Morgan fingerprint density at radius 3 is 2.24 bits per heavy atom. The van der Waals surface area contributed by atoms with Gasteiger partial charge in [0.15, 0.2) is 0 Å². The van der Waals surface area contributed by atoms with E-state index in [1.165, 1.54) is 63.0 Å². The minimum absolute atomic E-state index is 0.768. The second-order valence-corrected chi connectivity index (χ2v) is 30.8. The average Bonchev–Trinajstić information content (AvgIpc) is 2.59. The molecule has 0 spiro atoms. The number of halogens is 3. The van der Waals surface area contributed by atoms with E-state index in [-0.39, 0.29) is 0 Å². The number of rotatable bonds is 10. The second-order valence-electron chi connectivity index (χ2n) is 7.35. The topological polar surface area (TPSA) is 9.23 Å². The molecule has 0 aromatic heterocycles. The molecule has 1 aliphatic carbocycles. The van der Waals surface area contributed by atoms with Gasteiger partial charge in [-0.05, 0) is 67.7 Å². The molecule has 1 nitrogen and oxygen atoms in total. The highest BCUT2D eigenvalue weighted by Gasteiger charge is 2.22. The molecule has 5 heteroatoms. The minimum atomic E-state index is -1.42. The van der Waals surface area contributed by atoms with Gasteiger partial charge >= 0.3 is 0 Å². The van der Waals surface area contributed by atoms with Crippen LogP contribution in [0.15, 0.2) is 24.3 Å². The molecule has 25 heavy (non-hydrogen) atoms. The fourth-order valence-electron chi connectivity index (χ4n) is 3.82. The molecule has 0 bridgehead atoms. The van der Waals surface area contributed by atoms with E-state index in [9.17, 15) is 0 Å². The van der Waals surface area contributed by atoms with Crippen LogP contribution >= 0.6 is 45.9 Å². The molecular formula is C20H31Br3OSi. The highest BCUT2D eigenvalue weighted by atomic mass is 80.0. The van der Waals surface area contributed by atoms with Gasteiger partial charge in [0.1, 0.15) is 5.75 Å². The van der Waals surface area contributed by atoms with Gasteiger partial charge < -0.3 is 4.74 Å². The number of benzene rings is 1. The number of ether oxygens (including phenoxy) is 1. The standard InChI is InChI=1S/C20H31Br3OSi/c1-2-6-17-7-9-18(10-8-17)19-11-13-20(14-12-19)24-15-4-3-5-16-25(21,22)23/h11-14,17-18H,2-10,15-16H2,1H3. The molecule has 0 unspecified atom stereocenters. The summed E-state index contributed by atoms with van der Waals surface area (Å²) >= 11 is 11.0. The molecule has 2 rings (SSSR count). The SMILES string of the molecule is CCCC1CCC(c2ccc(OCCCCC[Si](Br)(Br)Br)cc2)CC1. The number of unbranched alkanes of at least 4 members (excludes halogenated alkanes) is 2. The third kappa shape index (κ3) is 8.94. The summed E-state index contributed by atoms with van der Waals surface area (Å²) in [6, 6.07) is 10.1. The van der Waals surface area contributed by atoms with E-state index in [1.54, 1.807) is 0 Å². The summed E-state index contributed by atoms with van der Waals surface area (Å²) in [5.41, 5.74) is 1.51. The molecule has 0 atom stereocenters. The monoisotopic (exact) mass is 552 g/mol. The van der Waals surface area contributed by atoms with Gasteiger partial charge in [-0.25, -0.2) is 0 Å². The number of hydrogen-bond acceptors (Lipinski definition) is 1. The Balaban J connectivity index is 1.65. The normalized spacial score (nSPS) is 21.3. The molecule has 0 saturated heterocycles. The fraction of sp³-hybridized carbons (Fsp3) is 0.700. The van der Waals surface area contributed by atoms with Crippen LogP contribution in [0.2, 0.25) is 6.04 Å². The lowest BCUT2D eigenvalue weighted by Gasteiger charge is -2.28. The zero-order valence-corrected chi connectivity index (χ0v) is 21.0. The van der Waals surface area contributed by atoms with Crippen molar-refractivity contribution in [2.45, 2.75) is 76.7 Å². The van der Waals surface area contributed by atoms with Crippen molar-refractivity contribution in [1.29, 1.82) is 0 Å². The summed E-state index contributed by atoms with van der Waals surface area (Å²) in [6.45, 7) is 3.13. The Bertz CT molecular complexity index is 479. The summed E-state index contributed by atoms with van der Waals surface area (Å²) in [5.74, 6) is 2.77. The van der Waals surface area contributed by atoms with Crippen LogP contribution in [0.5, 0.6) is 5.75 Å². The van der Waals surface area contributed by atoms with E-state index in [2.05, 4.69) is 77.1 Å². The highest BCUT2D eigenvalue weighted by Crippen LogP contribution is 2.38. The van der Waals surface area contributed by atoms with Crippen molar-refractivity contribution in [3.8, 4) is 5.75 Å². The maximum Gasteiger partial charge on any atom is 0.267 e. The fourth-order valence-corrected chi connectivity index (χ4v) is 7.00. The molecule has 0 amide bonds. The quantitative estimate of drug-likeness (QED) is 0.160. The molecule has 1 aliphatic rings. The van der Waals surface area contributed by atoms with Gasteiger partial charge in [-0.3, -0.25) is 0 Å². The van der Waals surface area contributed by atoms with E-state index >= 15 is 0 Å². The molecule has 1 aromatic rings. The van der Waals surface area contributed by atoms with Gasteiger partial charge in [0, 0.05) is 0 Å². The maximum absolute atomic E-state index is 5.91. The van der Waals surface area contributed by atoms with Crippen LogP contribution in [-0.2, 0) is 0 Å². The van der Waals surface area contributed by atoms with Gasteiger partial charge in [0.2, 0.25) is 0 Å². The first-order valence-corrected chi connectivity index (χ1v) is 18.7. The van der Waals surface area contributed by atoms with E-state index in [0.717, 1.165) is 30.6 Å². The van der Waals surface area contributed by atoms with Crippen molar-refractivity contribution in [1.82, 2.24) is 0 Å². The lowest BCUT2D eigenvalue weighted by molar-refractivity contribution is 0.303. The van der Waals surface area contributed by atoms with E-state index < -0.39 is 3.93 Å². The van der Waals surface area contributed by atoms with Crippen molar-refractivity contribution in [3.05, 3.63) is 29.8 Å². The number of hydrogen-bond donors (Lipinski definition) is 0. The molecule has 1 fully saturated rings. The van der Waals surface area contributed by atoms with Crippen LogP contribution in [0, 0.1) is 5.92 Å². The predicted octanol–water partition coefficient (Wildman–Crippen LogP) is 8.43. The third-order valence-electron chi connectivity index (χ3n) is 5.27. The van der Waals surface area contributed by atoms with Gasteiger partial charge in [-0.15, -0.1) is 0 Å². The molecule has 0 radical (unpaired) electrons. The Morgan fingerprint density at radius 2 is 1.64 bits per heavy atom. The van der Waals surface area contributed by atoms with Gasteiger partial charge in [-0.2, -0.15) is 0 Å². The van der Waals surface area contributed by atoms with Crippen molar-refractivity contribution < 1.29 is 4.74 Å². The first-order chi connectivity index (χ1) is 12.0. The van der Waals surface area contributed by atoms with E-state index in [0.29, 0.717) is 0 Å². The van der Waals surface area contributed by atoms with Crippen LogP contribution in [0.25, 0.3) is 0 Å². The summed E-state index contributed by atoms with van der Waals surface area (Å²) in [5, 5.41) is 0.